The maximum atomic E-state index is 12.2. The largest absolute Gasteiger partial charge is 0.382 e. The molecule has 0 atom stereocenters. The van der Waals surface area contributed by atoms with Gasteiger partial charge in [0.25, 0.3) is 5.91 Å². The molecule has 5 nitrogen and oxygen atoms in total. The highest BCUT2D eigenvalue weighted by molar-refractivity contribution is 5.94. The molecule has 1 heterocycles. The fourth-order valence-corrected chi connectivity index (χ4v) is 1.96. The number of hydrogen-bond donors (Lipinski definition) is 2. The van der Waals surface area contributed by atoms with Gasteiger partial charge in [0.1, 0.15) is 0 Å². The predicted molar refractivity (Wildman–Crippen MR) is 88.9 cm³/mol. The topological polar surface area (TPSA) is 57.3 Å². The van der Waals surface area contributed by atoms with Gasteiger partial charge in [0.2, 0.25) is 0 Å². The molecule has 0 spiro atoms. The predicted octanol–water partition coefficient (Wildman–Crippen LogP) is 1.99. The van der Waals surface area contributed by atoms with Crippen LogP contribution >= 0.6 is 0 Å². The van der Waals surface area contributed by atoms with Crippen LogP contribution in [-0.4, -0.2) is 43.0 Å². The highest BCUT2D eigenvalue weighted by Crippen LogP contribution is 2.08. The van der Waals surface area contributed by atoms with Gasteiger partial charge in [-0.25, -0.2) is 0 Å². The summed E-state index contributed by atoms with van der Waals surface area (Å²) in [6.45, 7) is 2.24. The second-order valence-corrected chi connectivity index (χ2v) is 5.36. The third-order valence-electron chi connectivity index (χ3n) is 3.18. The lowest BCUT2D eigenvalue weighted by atomic mass is 10.2. The van der Waals surface area contributed by atoms with Crippen LogP contribution in [0, 0.1) is 0 Å². The Hall–Kier alpha value is -2.40. The minimum atomic E-state index is -0.118. The van der Waals surface area contributed by atoms with Gasteiger partial charge in [0.05, 0.1) is 11.3 Å². The van der Waals surface area contributed by atoms with Gasteiger partial charge < -0.3 is 15.5 Å². The van der Waals surface area contributed by atoms with Crippen molar-refractivity contribution in [3.63, 3.8) is 0 Å². The van der Waals surface area contributed by atoms with Crippen molar-refractivity contribution in [2.24, 2.45) is 0 Å². The third-order valence-corrected chi connectivity index (χ3v) is 3.18. The van der Waals surface area contributed by atoms with E-state index in [-0.39, 0.29) is 5.91 Å². The molecular formula is C17H22N4O. The molecule has 0 fully saturated rings. The van der Waals surface area contributed by atoms with Crippen LogP contribution in [0.2, 0.25) is 0 Å². The zero-order chi connectivity index (χ0) is 15.8. The molecule has 0 saturated heterocycles. The maximum Gasteiger partial charge on any atom is 0.253 e. The first-order chi connectivity index (χ1) is 10.6. The number of nitrogens with one attached hydrogen (secondary N) is 2. The standard InChI is InChI=1S/C17H22N4O/c1-21(2)9-8-19-16-10-15(12-18-13-16)17(22)20-11-14-6-4-3-5-7-14/h3-7,10,12-13,19H,8-9,11H2,1-2H3,(H,20,22). The van der Waals surface area contributed by atoms with E-state index in [4.69, 9.17) is 0 Å². The van der Waals surface area contributed by atoms with Gasteiger partial charge >= 0.3 is 0 Å². The number of hydrogen-bond acceptors (Lipinski definition) is 4. The number of carbonyl (C=O) groups excluding carboxylic acids is 1. The fraction of sp³-hybridized carbons (Fsp3) is 0.294. The van der Waals surface area contributed by atoms with E-state index in [2.05, 4.69) is 20.5 Å². The van der Waals surface area contributed by atoms with Gasteiger partial charge in [-0.1, -0.05) is 30.3 Å². The number of pyridine rings is 1. The lowest BCUT2D eigenvalue weighted by Crippen LogP contribution is -2.23. The van der Waals surface area contributed by atoms with Gasteiger partial charge in [-0.05, 0) is 25.7 Å². The smallest absolute Gasteiger partial charge is 0.253 e. The molecule has 22 heavy (non-hydrogen) atoms. The zero-order valence-electron chi connectivity index (χ0n) is 13.0. The van der Waals surface area contributed by atoms with Crippen LogP contribution in [0.15, 0.2) is 48.8 Å². The highest BCUT2D eigenvalue weighted by Gasteiger charge is 2.06. The molecule has 1 amide bonds. The molecule has 116 valence electrons. The first kappa shape index (κ1) is 16.0. The average Bonchev–Trinajstić information content (AvgIpc) is 2.53. The molecule has 1 aromatic carbocycles. The summed E-state index contributed by atoms with van der Waals surface area (Å²) in [7, 11) is 4.04. The van der Waals surface area contributed by atoms with E-state index in [0.29, 0.717) is 12.1 Å². The van der Waals surface area contributed by atoms with Crippen LogP contribution in [-0.2, 0) is 6.54 Å². The molecule has 1 aromatic heterocycles. The summed E-state index contributed by atoms with van der Waals surface area (Å²) >= 11 is 0. The lowest BCUT2D eigenvalue weighted by Gasteiger charge is -2.12. The third kappa shape index (κ3) is 5.18. The molecule has 0 unspecified atom stereocenters. The number of rotatable bonds is 7. The van der Waals surface area contributed by atoms with Crippen molar-refractivity contribution in [1.82, 2.24) is 15.2 Å². The number of amides is 1. The summed E-state index contributed by atoms with van der Waals surface area (Å²) in [4.78, 5) is 18.4. The van der Waals surface area contributed by atoms with E-state index in [1.807, 2.05) is 50.5 Å². The Morgan fingerprint density at radius 1 is 1.18 bits per heavy atom. The first-order valence-electron chi connectivity index (χ1n) is 7.31. The molecule has 5 heteroatoms. The summed E-state index contributed by atoms with van der Waals surface area (Å²) in [6.07, 6.45) is 3.31. The maximum absolute atomic E-state index is 12.2. The van der Waals surface area contributed by atoms with E-state index in [1.165, 1.54) is 0 Å². The zero-order valence-corrected chi connectivity index (χ0v) is 13.0. The number of likely N-dealkylation sites (N-methyl/N-ethyl adjacent to an activating group) is 1. The average molecular weight is 298 g/mol. The molecule has 0 saturated carbocycles. The van der Waals surface area contributed by atoms with E-state index in [0.717, 1.165) is 24.3 Å². The molecule has 0 radical (unpaired) electrons. The molecule has 2 N–H and O–H groups in total. The normalized spacial score (nSPS) is 10.5. The number of benzene rings is 1. The Labute approximate surface area is 131 Å². The fourth-order valence-electron chi connectivity index (χ4n) is 1.96. The SMILES string of the molecule is CN(C)CCNc1cncc(C(=O)NCc2ccccc2)c1. The van der Waals surface area contributed by atoms with E-state index in [9.17, 15) is 4.79 Å². The highest BCUT2D eigenvalue weighted by atomic mass is 16.1. The summed E-state index contributed by atoms with van der Waals surface area (Å²) in [5, 5.41) is 6.16. The van der Waals surface area contributed by atoms with Crippen molar-refractivity contribution in [3.05, 3.63) is 59.9 Å². The number of carbonyl (C=O) groups is 1. The van der Waals surface area contributed by atoms with Gasteiger partial charge in [-0.2, -0.15) is 0 Å². The van der Waals surface area contributed by atoms with Crippen molar-refractivity contribution in [3.8, 4) is 0 Å². The van der Waals surface area contributed by atoms with Crippen LogP contribution in [0.5, 0.6) is 0 Å². The molecular weight excluding hydrogens is 276 g/mol. The van der Waals surface area contributed by atoms with Crippen molar-refractivity contribution in [2.75, 3.05) is 32.5 Å². The first-order valence-corrected chi connectivity index (χ1v) is 7.31. The van der Waals surface area contributed by atoms with Crippen LogP contribution in [0.4, 0.5) is 5.69 Å². The minimum Gasteiger partial charge on any atom is -0.382 e. The van der Waals surface area contributed by atoms with Crippen LogP contribution in [0.3, 0.4) is 0 Å². The summed E-state index contributed by atoms with van der Waals surface area (Å²) in [6, 6.07) is 11.7. The van der Waals surface area contributed by atoms with Gasteiger partial charge in [-0.3, -0.25) is 9.78 Å². The van der Waals surface area contributed by atoms with Crippen LogP contribution in [0.1, 0.15) is 15.9 Å². The summed E-state index contributed by atoms with van der Waals surface area (Å²) < 4.78 is 0. The number of nitrogens with zero attached hydrogens (tertiary/aromatic N) is 2. The minimum absolute atomic E-state index is 0.118. The van der Waals surface area contributed by atoms with E-state index >= 15 is 0 Å². The van der Waals surface area contributed by atoms with Crippen molar-refractivity contribution >= 4 is 11.6 Å². The quantitative estimate of drug-likeness (QED) is 0.821. The molecule has 2 rings (SSSR count). The Morgan fingerprint density at radius 2 is 1.95 bits per heavy atom. The van der Waals surface area contributed by atoms with E-state index in [1.54, 1.807) is 12.4 Å². The van der Waals surface area contributed by atoms with Crippen LogP contribution in [0.25, 0.3) is 0 Å². The van der Waals surface area contributed by atoms with Gasteiger partial charge in [0.15, 0.2) is 0 Å². The van der Waals surface area contributed by atoms with Crippen molar-refractivity contribution in [1.29, 1.82) is 0 Å². The Kier molecular flexibility index (Phi) is 5.91. The number of aromatic nitrogens is 1. The second-order valence-electron chi connectivity index (χ2n) is 5.36. The molecule has 0 bridgehead atoms. The van der Waals surface area contributed by atoms with E-state index < -0.39 is 0 Å². The molecule has 0 aliphatic rings. The molecule has 2 aromatic rings. The monoisotopic (exact) mass is 298 g/mol. The van der Waals surface area contributed by atoms with Gasteiger partial charge in [-0.15, -0.1) is 0 Å². The van der Waals surface area contributed by atoms with Gasteiger partial charge in [0, 0.05) is 32.0 Å². The van der Waals surface area contributed by atoms with Crippen molar-refractivity contribution in [2.45, 2.75) is 6.54 Å². The summed E-state index contributed by atoms with van der Waals surface area (Å²) in [5.74, 6) is -0.118. The second kappa shape index (κ2) is 8.14. The Morgan fingerprint density at radius 3 is 2.68 bits per heavy atom. The molecule has 0 aliphatic carbocycles. The van der Waals surface area contributed by atoms with Crippen molar-refractivity contribution < 1.29 is 4.79 Å². The molecule has 0 aliphatic heterocycles. The Balaban J connectivity index is 1.89. The summed E-state index contributed by atoms with van der Waals surface area (Å²) in [5.41, 5.74) is 2.49. The Bertz CT molecular complexity index is 599. The number of anilines is 1. The van der Waals surface area contributed by atoms with Crippen LogP contribution < -0.4 is 10.6 Å². The lowest BCUT2D eigenvalue weighted by molar-refractivity contribution is 0.0950.